The van der Waals surface area contributed by atoms with Crippen LogP contribution in [0.25, 0.3) is 0 Å². The molecule has 128 valence electrons. The zero-order valence-corrected chi connectivity index (χ0v) is 14.3. The topological polar surface area (TPSA) is 61.7 Å². The summed E-state index contributed by atoms with van der Waals surface area (Å²) in [5, 5.41) is 22.2. The van der Waals surface area contributed by atoms with Crippen LogP contribution in [0.15, 0.2) is 0 Å². The van der Waals surface area contributed by atoms with Gasteiger partial charge in [-0.15, -0.1) is 0 Å². The first-order valence-corrected chi connectivity index (χ1v) is 8.71. The Hall–Kier alpha value is -0.160. The Kier molecular flexibility index (Phi) is 14.7. The molecule has 0 rings (SSSR count). The lowest BCUT2D eigenvalue weighted by Crippen LogP contribution is -2.40. The number of aliphatic hydroxyl groups excluding tert-OH is 2. The molecule has 21 heavy (non-hydrogen) atoms. The Labute approximate surface area is 131 Å². The fraction of sp³-hybridized carbons (Fsp3) is 1.00. The molecule has 0 aliphatic heterocycles. The fourth-order valence-corrected chi connectivity index (χ4v) is 2.36. The van der Waals surface area contributed by atoms with Crippen molar-refractivity contribution in [3.63, 3.8) is 0 Å². The van der Waals surface area contributed by atoms with Crippen molar-refractivity contribution in [1.82, 2.24) is 5.32 Å². The van der Waals surface area contributed by atoms with E-state index >= 15 is 0 Å². The van der Waals surface area contributed by atoms with E-state index in [1.807, 2.05) is 0 Å². The number of hydrogen-bond acceptors (Lipinski definition) is 4. The van der Waals surface area contributed by atoms with E-state index in [1.165, 1.54) is 32.1 Å². The molecule has 2 unspecified atom stereocenters. The highest BCUT2D eigenvalue weighted by molar-refractivity contribution is 4.72. The molecular formula is C17H37NO3. The quantitative estimate of drug-likeness (QED) is 0.407. The summed E-state index contributed by atoms with van der Waals surface area (Å²) in [5.41, 5.74) is 0. The van der Waals surface area contributed by atoms with Crippen molar-refractivity contribution in [2.24, 2.45) is 5.92 Å². The van der Waals surface area contributed by atoms with Gasteiger partial charge >= 0.3 is 0 Å². The summed E-state index contributed by atoms with van der Waals surface area (Å²) in [7, 11) is 0. The Bertz CT molecular complexity index is 212. The minimum Gasteiger partial charge on any atom is -0.396 e. The third-order valence-electron chi connectivity index (χ3n) is 3.81. The molecule has 0 spiro atoms. The summed E-state index contributed by atoms with van der Waals surface area (Å²) >= 11 is 0. The standard InChI is InChI=1S/C17H37NO3/c1-4-5-6-7-8-9-12-21-14-16(20)13-18-17(10-11-19)15(2)3/h15-20H,4-14H2,1-3H3. The molecule has 0 saturated carbocycles. The van der Waals surface area contributed by atoms with Crippen LogP contribution in [0.5, 0.6) is 0 Å². The van der Waals surface area contributed by atoms with E-state index in [-0.39, 0.29) is 12.6 Å². The molecule has 0 aromatic heterocycles. The number of nitrogens with one attached hydrogen (secondary N) is 1. The van der Waals surface area contributed by atoms with Crippen LogP contribution in [0, 0.1) is 5.92 Å². The van der Waals surface area contributed by atoms with Crippen LogP contribution in [-0.4, -0.2) is 48.7 Å². The molecule has 0 aromatic rings. The van der Waals surface area contributed by atoms with E-state index in [9.17, 15) is 5.11 Å². The lowest BCUT2D eigenvalue weighted by molar-refractivity contribution is 0.0328. The van der Waals surface area contributed by atoms with Crippen molar-refractivity contribution < 1.29 is 14.9 Å². The van der Waals surface area contributed by atoms with Crippen LogP contribution in [0.4, 0.5) is 0 Å². The zero-order chi connectivity index (χ0) is 15.9. The maximum atomic E-state index is 9.87. The number of rotatable bonds is 15. The van der Waals surface area contributed by atoms with E-state index in [4.69, 9.17) is 9.84 Å². The first-order valence-electron chi connectivity index (χ1n) is 8.71. The molecule has 0 radical (unpaired) electrons. The maximum absolute atomic E-state index is 9.87. The molecule has 0 fully saturated rings. The minimum atomic E-state index is -0.468. The van der Waals surface area contributed by atoms with Gasteiger partial charge in [0.25, 0.3) is 0 Å². The van der Waals surface area contributed by atoms with Crippen molar-refractivity contribution in [3.05, 3.63) is 0 Å². The first-order chi connectivity index (χ1) is 10.1. The summed E-state index contributed by atoms with van der Waals surface area (Å²) in [6.45, 7) is 8.31. The molecule has 4 heteroatoms. The van der Waals surface area contributed by atoms with Gasteiger partial charge in [-0.25, -0.2) is 0 Å². The summed E-state index contributed by atoms with van der Waals surface area (Å²) in [6.07, 6.45) is 7.79. The third-order valence-corrected chi connectivity index (χ3v) is 3.81. The van der Waals surface area contributed by atoms with Gasteiger partial charge in [-0.3, -0.25) is 0 Å². The summed E-state index contributed by atoms with van der Waals surface area (Å²) in [6, 6.07) is 0.253. The molecule has 0 saturated heterocycles. The first kappa shape index (κ1) is 20.8. The highest BCUT2D eigenvalue weighted by Gasteiger charge is 2.14. The highest BCUT2D eigenvalue weighted by Crippen LogP contribution is 2.06. The van der Waals surface area contributed by atoms with E-state index in [1.54, 1.807) is 0 Å². The van der Waals surface area contributed by atoms with Crippen molar-refractivity contribution in [3.8, 4) is 0 Å². The van der Waals surface area contributed by atoms with Crippen LogP contribution in [0.3, 0.4) is 0 Å². The second-order valence-electron chi connectivity index (χ2n) is 6.27. The number of ether oxygens (including phenoxy) is 1. The molecular weight excluding hydrogens is 266 g/mol. The van der Waals surface area contributed by atoms with E-state index < -0.39 is 6.10 Å². The smallest absolute Gasteiger partial charge is 0.0897 e. The second kappa shape index (κ2) is 14.8. The Balaban J connectivity index is 3.46. The van der Waals surface area contributed by atoms with E-state index in [0.29, 0.717) is 19.1 Å². The summed E-state index contributed by atoms with van der Waals surface area (Å²) in [4.78, 5) is 0. The summed E-state index contributed by atoms with van der Waals surface area (Å²) < 4.78 is 5.52. The van der Waals surface area contributed by atoms with Gasteiger partial charge in [0.05, 0.1) is 12.7 Å². The number of aliphatic hydroxyl groups is 2. The van der Waals surface area contributed by atoms with Crippen LogP contribution < -0.4 is 5.32 Å². The Morgan fingerprint density at radius 3 is 2.33 bits per heavy atom. The molecule has 4 nitrogen and oxygen atoms in total. The van der Waals surface area contributed by atoms with Gasteiger partial charge in [0.2, 0.25) is 0 Å². The fourth-order valence-electron chi connectivity index (χ4n) is 2.36. The molecule has 2 atom stereocenters. The van der Waals surface area contributed by atoms with E-state index in [2.05, 4.69) is 26.1 Å². The molecule has 3 N–H and O–H groups in total. The maximum Gasteiger partial charge on any atom is 0.0897 e. The average molecular weight is 303 g/mol. The van der Waals surface area contributed by atoms with Crippen molar-refractivity contribution in [2.45, 2.75) is 77.9 Å². The zero-order valence-electron chi connectivity index (χ0n) is 14.3. The van der Waals surface area contributed by atoms with Crippen molar-refractivity contribution >= 4 is 0 Å². The van der Waals surface area contributed by atoms with Crippen LogP contribution >= 0.6 is 0 Å². The predicted molar refractivity (Wildman–Crippen MR) is 88.5 cm³/mol. The number of hydrogen-bond donors (Lipinski definition) is 3. The van der Waals surface area contributed by atoms with Crippen LogP contribution in [0.2, 0.25) is 0 Å². The molecule has 0 amide bonds. The van der Waals surface area contributed by atoms with Crippen molar-refractivity contribution in [1.29, 1.82) is 0 Å². The van der Waals surface area contributed by atoms with Crippen LogP contribution in [0.1, 0.15) is 65.7 Å². The normalized spacial score (nSPS) is 14.6. The molecule has 0 aliphatic carbocycles. The number of unbranched alkanes of at least 4 members (excludes halogenated alkanes) is 5. The van der Waals surface area contributed by atoms with Crippen LogP contribution in [-0.2, 0) is 4.74 Å². The predicted octanol–water partition coefficient (Wildman–Crippen LogP) is 2.72. The lowest BCUT2D eigenvalue weighted by atomic mass is 10.0. The highest BCUT2D eigenvalue weighted by atomic mass is 16.5. The second-order valence-corrected chi connectivity index (χ2v) is 6.27. The Morgan fingerprint density at radius 1 is 1.05 bits per heavy atom. The third kappa shape index (κ3) is 13.2. The SMILES string of the molecule is CCCCCCCCOCC(O)CNC(CCO)C(C)C. The Morgan fingerprint density at radius 2 is 1.71 bits per heavy atom. The van der Waals surface area contributed by atoms with Gasteiger partial charge in [-0.05, 0) is 18.8 Å². The van der Waals surface area contributed by atoms with Crippen molar-refractivity contribution in [2.75, 3.05) is 26.4 Å². The average Bonchev–Trinajstić information content (AvgIpc) is 2.46. The summed E-state index contributed by atoms with van der Waals surface area (Å²) in [5.74, 6) is 0.452. The minimum absolute atomic E-state index is 0.181. The van der Waals surface area contributed by atoms with Gasteiger partial charge in [-0.2, -0.15) is 0 Å². The van der Waals surface area contributed by atoms with Gasteiger partial charge in [-0.1, -0.05) is 52.9 Å². The largest absolute Gasteiger partial charge is 0.396 e. The molecule has 0 bridgehead atoms. The van der Waals surface area contributed by atoms with E-state index in [0.717, 1.165) is 19.4 Å². The monoisotopic (exact) mass is 303 g/mol. The molecule has 0 heterocycles. The van der Waals surface area contributed by atoms with Gasteiger partial charge < -0.3 is 20.3 Å². The molecule has 0 aliphatic rings. The van der Waals surface area contributed by atoms with Gasteiger partial charge in [0, 0.05) is 25.8 Å². The van der Waals surface area contributed by atoms with Gasteiger partial charge in [0.15, 0.2) is 0 Å². The van der Waals surface area contributed by atoms with Gasteiger partial charge in [0.1, 0.15) is 0 Å². The molecule has 0 aromatic carbocycles. The lowest BCUT2D eigenvalue weighted by Gasteiger charge is -2.23.